The summed E-state index contributed by atoms with van der Waals surface area (Å²) in [5.74, 6) is -0.102. The van der Waals surface area contributed by atoms with Gasteiger partial charge >= 0.3 is 13.7 Å². The first-order chi connectivity index (χ1) is 23.5. The third kappa shape index (κ3) is 9.22. The normalized spacial score (nSPS) is 22.5. The maximum Gasteiger partial charge on any atom is 0.459 e. The minimum absolute atomic E-state index is 0.00581. The van der Waals surface area contributed by atoms with E-state index in [1.807, 2.05) is 13.8 Å². The number of ketones is 1. The van der Waals surface area contributed by atoms with E-state index in [1.165, 1.54) is 23.9 Å². The van der Waals surface area contributed by atoms with Crippen molar-refractivity contribution in [1.82, 2.24) is 24.6 Å². The molecule has 50 heavy (non-hydrogen) atoms. The van der Waals surface area contributed by atoms with E-state index < -0.39 is 69.0 Å². The van der Waals surface area contributed by atoms with Gasteiger partial charge in [0, 0.05) is 20.5 Å². The number of imidazole rings is 1. The third-order valence-corrected chi connectivity index (χ3v) is 9.57. The fraction of sp³-hybridized carbons (Fsp3) is 0.606. The fourth-order valence-electron chi connectivity index (χ4n) is 5.56. The van der Waals surface area contributed by atoms with Gasteiger partial charge in [-0.05, 0) is 58.1 Å². The maximum absolute atomic E-state index is 16.4. The summed E-state index contributed by atoms with van der Waals surface area (Å²) < 4.78 is 55.7. The van der Waals surface area contributed by atoms with Gasteiger partial charge in [-0.25, -0.2) is 23.9 Å². The summed E-state index contributed by atoms with van der Waals surface area (Å²) in [5, 5.41) is 23.1. The summed E-state index contributed by atoms with van der Waals surface area (Å²) in [6.07, 6.45) is -3.28. The molecule has 2 aromatic heterocycles. The quantitative estimate of drug-likeness (QED) is 0.135. The van der Waals surface area contributed by atoms with E-state index in [0.717, 1.165) is 0 Å². The first-order valence-corrected chi connectivity index (χ1v) is 18.0. The molecule has 3 heterocycles. The Hall–Kier alpha value is -3.53. The number of aliphatic hydroxyl groups excluding tert-OH is 2. The number of nitrogens with zero attached hydrogens (tertiary/aromatic N) is 5. The van der Waals surface area contributed by atoms with Gasteiger partial charge in [-0.2, -0.15) is 5.09 Å². The molecular weight excluding hydrogens is 674 g/mol. The monoisotopic (exact) mass is 722 g/mol. The van der Waals surface area contributed by atoms with Crippen molar-refractivity contribution in [2.75, 3.05) is 32.2 Å². The van der Waals surface area contributed by atoms with Crippen LogP contribution < -0.4 is 14.5 Å². The highest BCUT2D eigenvalue weighted by Crippen LogP contribution is 2.49. The average molecular weight is 723 g/mol. The van der Waals surface area contributed by atoms with Crippen molar-refractivity contribution in [1.29, 1.82) is 0 Å². The Morgan fingerprint density at radius 2 is 1.90 bits per heavy atom. The lowest BCUT2D eigenvalue weighted by atomic mass is 9.98. The number of rotatable bonds is 17. The van der Waals surface area contributed by atoms with Crippen LogP contribution in [0, 0.1) is 12.8 Å². The molecule has 1 aliphatic rings. The number of nitrogens with one attached hydrogen (secondary N) is 1. The standard InChI is InChI=1S/C33H48FN6O9P/c1-19(2)15-24(31(44)47-20(3)4)38-50(45,49-25-12-10-9-11-22(25)13-14-23(42)16-41)46-17-26-28(43)33(6,34)32(48-26)40-18-35-27-29(39(7)8)36-21(5)37-30(27)40/h9-12,18-20,24,26,28,32,41,43H,13-17H2,1-8H3,(H,38,45)/t24-,26+,28+,32+,33+,50?/m0/s1. The number of Topliss-reactive ketones (excluding diaryl/α,β-unsaturated/α-hetero) is 1. The molecule has 15 nitrogen and oxygen atoms in total. The van der Waals surface area contributed by atoms with E-state index in [9.17, 15) is 24.4 Å². The van der Waals surface area contributed by atoms with Gasteiger partial charge in [0.05, 0.1) is 19.0 Å². The Labute approximate surface area is 291 Å². The average Bonchev–Trinajstić information content (AvgIpc) is 3.54. The van der Waals surface area contributed by atoms with Crippen LogP contribution in [-0.2, 0) is 34.6 Å². The number of ether oxygens (including phenoxy) is 2. The second-order valence-electron chi connectivity index (χ2n) is 13.4. The molecule has 1 unspecified atom stereocenters. The first kappa shape index (κ1) is 39.3. The number of carbonyl (C=O) groups excluding carboxylic acids is 2. The van der Waals surface area contributed by atoms with Gasteiger partial charge in [0.15, 0.2) is 34.7 Å². The summed E-state index contributed by atoms with van der Waals surface area (Å²) in [4.78, 5) is 40.0. The smallest absolute Gasteiger partial charge is 0.459 e. The topological polar surface area (TPSA) is 187 Å². The van der Waals surface area contributed by atoms with Crippen LogP contribution in [0.1, 0.15) is 65.1 Å². The zero-order valence-electron chi connectivity index (χ0n) is 29.7. The van der Waals surface area contributed by atoms with Gasteiger partial charge < -0.3 is 29.1 Å². The predicted molar refractivity (Wildman–Crippen MR) is 182 cm³/mol. The molecule has 0 bridgehead atoms. The molecule has 0 saturated carbocycles. The second kappa shape index (κ2) is 16.2. The van der Waals surface area contributed by atoms with Gasteiger partial charge in [-0.3, -0.25) is 18.7 Å². The lowest BCUT2D eigenvalue weighted by Gasteiger charge is -2.28. The summed E-state index contributed by atoms with van der Waals surface area (Å²) in [6.45, 7) is 8.72. The highest BCUT2D eigenvalue weighted by molar-refractivity contribution is 7.52. The van der Waals surface area contributed by atoms with Crippen LogP contribution >= 0.6 is 7.75 Å². The number of hydrogen-bond donors (Lipinski definition) is 3. The fourth-order valence-corrected chi connectivity index (χ4v) is 7.12. The SMILES string of the molecule is Cc1nc(N(C)C)c2ncn([C@@H]3O[C@H](COP(=O)(N[C@@H](CC(C)C)C(=O)OC(C)C)Oc4ccccc4CCC(=O)CO)[C@@H](O)[C@@]3(C)F)c2n1. The van der Waals surface area contributed by atoms with Gasteiger partial charge in [0.1, 0.15) is 36.4 Å². The molecule has 0 radical (unpaired) electrons. The minimum Gasteiger partial charge on any atom is -0.462 e. The molecule has 3 N–H and O–H groups in total. The largest absolute Gasteiger partial charge is 0.462 e. The molecule has 6 atom stereocenters. The molecule has 0 spiro atoms. The number of aromatic nitrogens is 4. The number of para-hydroxylation sites is 1. The zero-order valence-corrected chi connectivity index (χ0v) is 30.6. The number of benzene rings is 1. The Kier molecular flexibility index (Phi) is 12.7. The van der Waals surface area contributed by atoms with Crippen molar-refractivity contribution in [3.05, 3.63) is 42.0 Å². The van der Waals surface area contributed by atoms with Crippen LogP contribution in [0.2, 0.25) is 0 Å². The second-order valence-corrected chi connectivity index (χ2v) is 15.1. The van der Waals surface area contributed by atoms with Crippen LogP contribution in [0.15, 0.2) is 30.6 Å². The Morgan fingerprint density at radius 3 is 2.54 bits per heavy atom. The molecule has 276 valence electrons. The Morgan fingerprint density at radius 1 is 1.20 bits per heavy atom. The van der Waals surface area contributed by atoms with E-state index in [2.05, 4.69) is 20.0 Å². The Balaban J connectivity index is 1.65. The van der Waals surface area contributed by atoms with Gasteiger partial charge in [-0.1, -0.05) is 32.0 Å². The molecule has 1 fully saturated rings. The highest BCUT2D eigenvalue weighted by Gasteiger charge is 2.56. The molecule has 0 aliphatic carbocycles. The third-order valence-electron chi connectivity index (χ3n) is 8.01. The summed E-state index contributed by atoms with van der Waals surface area (Å²) >= 11 is 0. The summed E-state index contributed by atoms with van der Waals surface area (Å²) in [5.41, 5.74) is -1.21. The van der Waals surface area contributed by atoms with Gasteiger partial charge in [0.25, 0.3) is 0 Å². The number of alkyl halides is 1. The molecule has 4 rings (SSSR count). The lowest BCUT2D eigenvalue weighted by Crippen LogP contribution is -2.42. The van der Waals surface area contributed by atoms with Crippen LogP contribution in [-0.4, -0.2) is 98.8 Å². The predicted octanol–water partition coefficient (Wildman–Crippen LogP) is 3.84. The first-order valence-electron chi connectivity index (χ1n) is 16.5. The van der Waals surface area contributed by atoms with Gasteiger partial charge in [-0.15, -0.1) is 0 Å². The van der Waals surface area contributed by atoms with Crippen molar-refractivity contribution in [2.24, 2.45) is 5.92 Å². The van der Waals surface area contributed by atoms with Crippen molar-refractivity contribution in [2.45, 2.75) is 97.1 Å². The van der Waals surface area contributed by atoms with Crippen molar-refractivity contribution < 1.29 is 47.3 Å². The number of carbonyl (C=O) groups is 2. The van der Waals surface area contributed by atoms with Crippen molar-refractivity contribution >= 4 is 36.5 Å². The van der Waals surface area contributed by atoms with Crippen molar-refractivity contribution in [3.63, 3.8) is 0 Å². The number of halogens is 1. The van der Waals surface area contributed by atoms with E-state index in [0.29, 0.717) is 22.7 Å². The summed E-state index contributed by atoms with van der Waals surface area (Å²) in [7, 11) is -0.960. The molecule has 0 amide bonds. The number of hydrogen-bond acceptors (Lipinski definition) is 13. The van der Waals surface area contributed by atoms with E-state index in [-0.39, 0.29) is 36.6 Å². The van der Waals surface area contributed by atoms with Crippen molar-refractivity contribution in [3.8, 4) is 5.75 Å². The van der Waals surface area contributed by atoms with Gasteiger partial charge in [0.2, 0.25) is 0 Å². The molecular formula is C33H48FN6O9P. The highest BCUT2D eigenvalue weighted by atomic mass is 31.2. The van der Waals surface area contributed by atoms with E-state index >= 15 is 4.39 Å². The molecule has 1 saturated heterocycles. The number of esters is 1. The summed E-state index contributed by atoms with van der Waals surface area (Å²) in [6, 6.07) is 5.37. The number of aryl methyl sites for hydroxylation is 2. The lowest BCUT2D eigenvalue weighted by molar-refractivity contribution is -0.150. The molecule has 17 heteroatoms. The maximum atomic E-state index is 16.4. The number of fused-ring (bicyclic) bond motifs is 1. The van der Waals surface area contributed by atoms with E-state index in [4.69, 9.17) is 18.5 Å². The number of anilines is 1. The minimum atomic E-state index is -4.54. The Bertz CT molecular complexity index is 1700. The molecule has 3 aromatic rings. The number of aliphatic hydroxyl groups is 2. The zero-order chi connectivity index (χ0) is 37.0. The van der Waals surface area contributed by atoms with Crippen LogP contribution in [0.3, 0.4) is 0 Å². The van der Waals surface area contributed by atoms with Crippen LogP contribution in [0.25, 0.3) is 11.2 Å². The molecule has 1 aliphatic heterocycles. The van der Waals surface area contributed by atoms with Crippen LogP contribution in [0.4, 0.5) is 10.2 Å². The van der Waals surface area contributed by atoms with Crippen LogP contribution in [0.5, 0.6) is 5.75 Å². The molecule has 1 aromatic carbocycles. The van der Waals surface area contributed by atoms with E-state index in [1.54, 1.807) is 58.0 Å².